The van der Waals surface area contributed by atoms with Crippen LogP contribution in [-0.4, -0.2) is 50.8 Å². The molecule has 106 valence electrons. The summed E-state index contributed by atoms with van der Waals surface area (Å²) >= 11 is 0. The van der Waals surface area contributed by atoms with Crippen LogP contribution in [0.25, 0.3) is 0 Å². The van der Waals surface area contributed by atoms with Crippen molar-refractivity contribution in [3.05, 3.63) is 0 Å². The summed E-state index contributed by atoms with van der Waals surface area (Å²) < 4.78 is 5.43. The van der Waals surface area contributed by atoms with Gasteiger partial charge in [-0.05, 0) is 50.6 Å². The van der Waals surface area contributed by atoms with Crippen molar-refractivity contribution in [3.8, 4) is 0 Å². The van der Waals surface area contributed by atoms with E-state index in [1.165, 1.54) is 45.3 Å². The molecule has 2 aliphatic rings. The number of hydrogen-bond acceptors (Lipinski definition) is 3. The van der Waals surface area contributed by atoms with Gasteiger partial charge in [-0.3, -0.25) is 0 Å². The van der Waals surface area contributed by atoms with E-state index in [9.17, 15) is 0 Å². The fourth-order valence-corrected chi connectivity index (χ4v) is 3.34. The van der Waals surface area contributed by atoms with Gasteiger partial charge in [0.05, 0.1) is 0 Å². The second-order valence-electron chi connectivity index (χ2n) is 6.88. The molecule has 2 heterocycles. The van der Waals surface area contributed by atoms with Crippen LogP contribution in [0.3, 0.4) is 0 Å². The van der Waals surface area contributed by atoms with Gasteiger partial charge in [-0.2, -0.15) is 0 Å². The summed E-state index contributed by atoms with van der Waals surface area (Å²) in [4.78, 5) is 2.53. The van der Waals surface area contributed by atoms with E-state index in [1.807, 2.05) is 0 Å². The summed E-state index contributed by atoms with van der Waals surface area (Å²) in [6, 6.07) is 0.649. The molecule has 0 amide bonds. The fraction of sp³-hybridized carbons (Fsp3) is 1.00. The van der Waals surface area contributed by atoms with Gasteiger partial charge in [-0.25, -0.2) is 0 Å². The van der Waals surface area contributed by atoms with E-state index in [2.05, 4.69) is 31.1 Å². The highest BCUT2D eigenvalue weighted by molar-refractivity contribution is 4.90. The number of hydrogen-bond donors (Lipinski definition) is 1. The zero-order chi connectivity index (χ0) is 13.0. The first kappa shape index (κ1) is 14.3. The first-order valence-corrected chi connectivity index (χ1v) is 7.57. The maximum absolute atomic E-state index is 5.43. The summed E-state index contributed by atoms with van der Waals surface area (Å²) in [7, 11) is 2.28. The van der Waals surface area contributed by atoms with Crippen molar-refractivity contribution in [2.45, 2.75) is 45.6 Å². The zero-order valence-corrected chi connectivity index (χ0v) is 12.4. The lowest BCUT2D eigenvalue weighted by Crippen LogP contribution is -2.52. The molecule has 0 aromatic carbocycles. The lowest BCUT2D eigenvalue weighted by atomic mass is 9.77. The second kappa shape index (κ2) is 6.36. The van der Waals surface area contributed by atoms with Crippen molar-refractivity contribution < 1.29 is 4.74 Å². The van der Waals surface area contributed by atoms with E-state index in [1.54, 1.807) is 0 Å². The van der Waals surface area contributed by atoms with Crippen molar-refractivity contribution in [1.29, 1.82) is 0 Å². The van der Waals surface area contributed by atoms with Gasteiger partial charge in [-0.15, -0.1) is 0 Å². The Morgan fingerprint density at radius 3 is 2.61 bits per heavy atom. The average Bonchev–Trinajstić information content (AvgIpc) is 2.33. The number of likely N-dealkylation sites (N-methyl/N-ethyl adjacent to an activating group) is 1. The van der Waals surface area contributed by atoms with Crippen LogP contribution in [-0.2, 0) is 4.74 Å². The molecular formula is C15H30N2O. The van der Waals surface area contributed by atoms with Gasteiger partial charge in [-0.1, -0.05) is 13.8 Å². The molecule has 0 radical (unpaired) electrons. The predicted molar refractivity (Wildman–Crippen MR) is 75.8 cm³/mol. The van der Waals surface area contributed by atoms with Crippen LogP contribution in [0.1, 0.15) is 39.5 Å². The van der Waals surface area contributed by atoms with Gasteiger partial charge in [0.15, 0.2) is 0 Å². The van der Waals surface area contributed by atoms with Crippen LogP contribution in [0, 0.1) is 11.3 Å². The maximum Gasteiger partial charge on any atom is 0.0469 e. The van der Waals surface area contributed by atoms with Gasteiger partial charge >= 0.3 is 0 Å². The summed E-state index contributed by atoms with van der Waals surface area (Å²) in [6.45, 7) is 10.4. The molecule has 0 aliphatic carbocycles. The Hall–Kier alpha value is -0.120. The predicted octanol–water partition coefficient (Wildman–Crippen LogP) is 2.12. The molecule has 0 aromatic rings. The third-order valence-corrected chi connectivity index (χ3v) is 4.74. The lowest BCUT2D eigenvalue weighted by Gasteiger charge is -2.42. The minimum Gasteiger partial charge on any atom is -0.381 e. The van der Waals surface area contributed by atoms with Crippen LogP contribution in [0.2, 0.25) is 0 Å². The highest BCUT2D eigenvalue weighted by Gasteiger charge is 2.32. The van der Waals surface area contributed by atoms with E-state index in [0.29, 0.717) is 11.5 Å². The van der Waals surface area contributed by atoms with Crippen LogP contribution < -0.4 is 5.32 Å². The number of piperidine rings is 1. The zero-order valence-electron chi connectivity index (χ0n) is 12.4. The molecule has 2 aliphatic heterocycles. The highest BCUT2D eigenvalue weighted by Crippen LogP contribution is 2.30. The van der Waals surface area contributed by atoms with E-state index >= 15 is 0 Å². The third kappa shape index (κ3) is 3.94. The Kier molecular flexibility index (Phi) is 5.05. The van der Waals surface area contributed by atoms with Crippen molar-refractivity contribution in [1.82, 2.24) is 10.2 Å². The molecule has 0 spiro atoms. The topological polar surface area (TPSA) is 24.5 Å². The quantitative estimate of drug-likeness (QED) is 0.832. The second-order valence-corrected chi connectivity index (χ2v) is 6.88. The molecule has 2 fully saturated rings. The van der Waals surface area contributed by atoms with E-state index in [-0.39, 0.29) is 0 Å². The standard InChI is InChI=1S/C15H30N2O/c1-15(2)7-4-8-16-14(15)12-17(3)11-13-5-9-18-10-6-13/h13-14,16H,4-12H2,1-3H3. The fourth-order valence-electron chi connectivity index (χ4n) is 3.34. The van der Waals surface area contributed by atoms with E-state index < -0.39 is 0 Å². The Bertz CT molecular complexity index is 249. The number of nitrogens with zero attached hydrogens (tertiary/aromatic N) is 1. The van der Waals surface area contributed by atoms with Gasteiger partial charge in [0, 0.05) is 32.3 Å². The minimum atomic E-state index is 0.447. The molecule has 3 nitrogen and oxygen atoms in total. The molecule has 2 rings (SSSR count). The SMILES string of the molecule is CN(CC1CCOCC1)CC1NCCCC1(C)C. The first-order chi connectivity index (χ1) is 8.58. The van der Waals surface area contributed by atoms with E-state index in [4.69, 9.17) is 4.74 Å². The Morgan fingerprint density at radius 2 is 1.94 bits per heavy atom. The lowest BCUT2D eigenvalue weighted by molar-refractivity contribution is 0.0503. The van der Waals surface area contributed by atoms with Crippen LogP contribution in [0.15, 0.2) is 0 Å². The molecule has 1 N–H and O–H groups in total. The van der Waals surface area contributed by atoms with Crippen LogP contribution in [0.4, 0.5) is 0 Å². The summed E-state index contributed by atoms with van der Waals surface area (Å²) in [5.74, 6) is 0.843. The van der Waals surface area contributed by atoms with E-state index in [0.717, 1.165) is 19.1 Å². The van der Waals surface area contributed by atoms with Crippen LogP contribution >= 0.6 is 0 Å². The summed E-state index contributed by atoms with van der Waals surface area (Å²) in [5.41, 5.74) is 0.447. The molecule has 2 saturated heterocycles. The molecule has 0 saturated carbocycles. The van der Waals surface area contributed by atoms with Gasteiger partial charge in [0.1, 0.15) is 0 Å². The molecule has 1 unspecified atom stereocenters. The Labute approximate surface area is 112 Å². The number of ether oxygens (including phenoxy) is 1. The molecule has 18 heavy (non-hydrogen) atoms. The van der Waals surface area contributed by atoms with Gasteiger partial charge in [0.2, 0.25) is 0 Å². The molecule has 0 bridgehead atoms. The summed E-state index contributed by atoms with van der Waals surface area (Å²) in [6.07, 6.45) is 5.17. The van der Waals surface area contributed by atoms with Crippen molar-refractivity contribution in [3.63, 3.8) is 0 Å². The molecule has 3 heteroatoms. The Morgan fingerprint density at radius 1 is 1.22 bits per heavy atom. The van der Waals surface area contributed by atoms with Crippen molar-refractivity contribution >= 4 is 0 Å². The first-order valence-electron chi connectivity index (χ1n) is 7.57. The number of nitrogens with one attached hydrogen (secondary N) is 1. The Balaban J connectivity index is 1.77. The molecule has 1 atom stereocenters. The monoisotopic (exact) mass is 254 g/mol. The largest absolute Gasteiger partial charge is 0.381 e. The minimum absolute atomic E-state index is 0.447. The number of rotatable bonds is 4. The highest BCUT2D eigenvalue weighted by atomic mass is 16.5. The van der Waals surface area contributed by atoms with Gasteiger partial charge in [0.25, 0.3) is 0 Å². The summed E-state index contributed by atoms with van der Waals surface area (Å²) in [5, 5.41) is 3.71. The average molecular weight is 254 g/mol. The van der Waals surface area contributed by atoms with Crippen LogP contribution in [0.5, 0.6) is 0 Å². The molecular weight excluding hydrogens is 224 g/mol. The van der Waals surface area contributed by atoms with Gasteiger partial charge < -0.3 is 15.0 Å². The molecule has 0 aromatic heterocycles. The maximum atomic E-state index is 5.43. The van der Waals surface area contributed by atoms with Crippen molar-refractivity contribution in [2.24, 2.45) is 11.3 Å². The smallest absolute Gasteiger partial charge is 0.0469 e. The normalized spacial score (nSPS) is 29.7. The van der Waals surface area contributed by atoms with Crippen molar-refractivity contribution in [2.75, 3.05) is 39.9 Å². The third-order valence-electron chi connectivity index (χ3n) is 4.74.